The molecule has 56 valence electrons. The number of rotatable bonds is 0. The molecule has 0 aromatic heterocycles. The van der Waals surface area contributed by atoms with Gasteiger partial charge in [0, 0.05) is 5.41 Å². The van der Waals surface area contributed by atoms with Gasteiger partial charge in [0.15, 0.2) is 0 Å². The van der Waals surface area contributed by atoms with Crippen molar-refractivity contribution in [2.75, 3.05) is 6.61 Å². The first-order chi connectivity index (χ1) is 4.52. The first kappa shape index (κ1) is 7.32. The van der Waals surface area contributed by atoms with E-state index in [1.54, 1.807) is 0 Å². The van der Waals surface area contributed by atoms with Crippen molar-refractivity contribution in [2.24, 2.45) is 5.41 Å². The van der Waals surface area contributed by atoms with Crippen LogP contribution in [0.5, 0.6) is 0 Å². The second-order valence-corrected chi connectivity index (χ2v) is 3.32. The van der Waals surface area contributed by atoms with Gasteiger partial charge in [0.05, 0.1) is 6.42 Å². The molecule has 1 fully saturated rings. The highest BCUT2D eigenvalue weighted by molar-refractivity contribution is 5.73. The van der Waals surface area contributed by atoms with E-state index in [-0.39, 0.29) is 11.4 Å². The molecule has 1 heterocycles. The Bertz CT molecular complexity index is 180. The van der Waals surface area contributed by atoms with Gasteiger partial charge in [0.1, 0.15) is 6.61 Å². The average molecular weight is 140 g/mol. The maximum absolute atomic E-state index is 10.7. The van der Waals surface area contributed by atoms with Crippen LogP contribution in [0.3, 0.4) is 0 Å². The van der Waals surface area contributed by atoms with Crippen LogP contribution in [0, 0.1) is 5.41 Å². The normalized spacial score (nSPS) is 24.2. The molecule has 0 aromatic carbocycles. The Morgan fingerprint density at radius 1 is 1.60 bits per heavy atom. The Labute approximate surface area is 60.9 Å². The molecular weight excluding hydrogens is 128 g/mol. The fourth-order valence-corrected chi connectivity index (χ4v) is 0.828. The summed E-state index contributed by atoms with van der Waals surface area (Å²) in [6.45, 7) is 8.35. The van der Waals surface area contributed by atoms with E-state index in [1.165, 1.54) is 0 Å². The van der Waals surface area contributed by atoms with Gasteiger partial charge >= 0.3 is 5.97 Å². The summed E-state index contributed by atoms with van der Waals surface area (Å²) < 4.78 is 4.86. The molecule has 1 aliphatic rings. The molecular formula is C8H12O2. The number of hydrogen-bond acceptors (Lipinski definition) is 2. The predicted molar refractivity (Wildman–Crippen MR) is 38.5 cm³/mol. The smallest absolute Gasteiger partial charge is 0.309 e. The van der Waals surface area contributed by atoms with Gasteiger partial charge < -0.3 is 4.74 Å². The fraction of sp³-hybridized carbons (Fsp3) is 0.625. The summed E-state index contributed by atoms with van der Waals surface area (Å²) in [5, 5.41) is 0. The van der Waals surface area contributed by atoms with Gasteiger partial charge in [0.2, 0.25) is 0 Å². The molecule has 0 radical (unpaired) electrons. The Balaban J connectivity index is 2.70. The van der Waals surface area contributed by atoms with E-state index < -0.39 is 0 Å². The van der Waals surface area contributed by atoms with Crippen LogP contribution < -0.4 is 0 Å². The van der Waals surface area contributed by atoms with Crippen LogP contribution in [0.2, 0.25) is 0 Å². The molecule has 0 aromatic rings. The Kier molecular flexibility index (Phi) is 1.55. The number of hydrogen-bond donors (Lipinski definition) is 0. The van der Waals surface area contributed by atoms with Crippen LogP contribution >= 0.6 is 0 Å². The second kappa shape index (κ2) is 2.11. The summed E-state index contributed by atoms with van der Waals surface area (Å²) in [6.07, 6.45) is 0.382. The largest absolute Gasteiger partial charge is 0.465 e. The fourth-order valence-electron chi connectivity index (χ4n) is 0.828. The zero-order valence-electron chi connectivity index (χ0n) is 6.44. The van der Waals surface area contributed by atoms with Crippen LogP contribution in [0.15, 0.2) is 12.2 Å². The second-order valence-electron chi connectivity index (χ2n) is 3.32. The lowest BCUT2D eigenvalue weighted by molar-refractivity contribution is -0.148. The first-order valence-corrected chi connectivity index (χ1v) is 3.36. The van der Waals surface area contributed by atoms with E-state index in [1.807, 2.05) is 13.8 Å². The van der Waals surface area contributed by atoms with Crippen molar-refractivity contribution in [1.29, 1.82) is 0 Å². The minimum absolute atomic E-state index is 0.0199. The molecule has 0 spiro atoms. The standard InChI is InChI=1S/C8H12O2/c1-6-4-7(9)10-5-8(6,2)3/h1,4-5H2,2-3H3. The monoisotopic (exact) mass is 140 g/mol. The third kappa shape index (κ3) is 1.20. The summed E-state index contributed by atoms with van der Waals surface area (Å²) in [5.41, 5.74) is 0.956. The van der Waals surface area contributed by atoms with Gasteiger partial charge in [-0.25, -0.2) is 0 Å². The van der Waals surface area contributed by atoms with Crippen molar-refractivity contribution in [1.82, 2.24) is 0 Å². The van der Waals surface area contributed by atoms with Crippen molar-refractivity contribution in [3.63, 3.8) is 0 Å². The molecule has 10 heavy (non-hydrogen) atoms. The molecule has 0 N–H and O–H groups in total. The summed E-state index contributed by atoms with van der Waals surface area (Å²) >= 11 is 0. The SMILES string of the molecule is C=C1CC(=O)OCC1(C)C. The van der Waals surface area contributed by atoms with Crippen molar-refractivity contribution in [3.8, 4) is 0 Å². The van der Waals surface area contributed by atoms with Crippen LogP contribution in [-0.2, 0) is 9.53 Å². The lowest BCUT2D eigenvalue weighted by Gasteiger charge is -2.30. The lowest BCUT2D eigenvalue weighted by atomic mass is 9.83. The Morgan fingerprint density at radius 2 is 2.20 bits per heavy atom. The van der Waals surface area contributed by atoms with Gasteiger partial charge in [-0.1, -0.05) is 26.0 Å². The minimum atomic E-state index is -0.149. The highest BCUT2D eigenvalue weighted by Gasteiger charge is 2.30. The number of ether oxygens (including phenoxy) is 1. The van der Waals surface area contributed by atoms with Crippen LogP contribution in [0.4, 0.5) is 0 Å². The summed E-state index contributed by atoms with van der Waals surface area (Å²) in [5.74, 6) is -0.149. The number of carbonyl (C=O) groups excluding carboxylic acids is 1. The van der Waals surface area contributed by atoms with Crippen molar-refractivity contribution in [2.45, 2.75) is 20.3 Å². The minimum Gasteiger partial charge on any atom is -0.465 e. The third-order valence-corrected chi connectivity index (χ3v) is 1.91. The van der Waals surface area contributed by atoms with Gasteiger partial charge in [-0.15, -0.1) is 0 Å². The van der Waals surface area contributed by atoms with E-state index in [0.29, 0.717) is 13.0 Å². The van der Waals surface area contributed by atoms with E-state index >= 15 is 0 Å². The molecule has 0 bridgehead atoms. The maximum Gasteiger partial charge on any atom is 0.309 e. The summed E-state index contributed by atoms with van der Waals surface area (Å²) in [4.78, 5) is 10.7. The maximum atomic E-state index is 10.7. The number of esters is 1. The molecule has 2 nitrogen and oxygen atoms in total. The molecule has 2 heteroatoms. The van der Waals surface area contributed by atoms with Crippen LogP contribution in [-0.4, -0.2) is 12.6 Å². The van der Waals surface area contributed by atoms with E-state index in [9.17, 15) is 4.79 Å². The molecule has 0 unspecified atom stereocenters. The van der Waals surface area contributed by atoms with Crippen molar-refractivity contribution >= 4 is 5.97 Å². The first-order valence-electron chi connectivity index (χ1n) is 3.36. The summed E-state index contributed by atoms with van der Waals surface area (Å²) in [6, 6.07) is 0. The van der Waals surface area contributed by atoms with E-state index in [2.05, 4.69) is 6.58 Å². The Morgan fingerprint density at radius 3 is 2.60 bits per heavy atom. The quantitative estimate of drug-likeness (QED) is 0.376. The van der Waals surface area contributed by atoms with Gasteiger partial charge in [-0.05, 0) is 0 Å². The molecule has 0 aliphatic carbocycles. The van der Waals surface area contributed by atoms with E-state index in [4.69, 9.17) is 4.74 Å². The van der Waals surface area contributed by atoms with Crippen molar-refractivity contribution < 1.29 is 9.53 Å². The highest BCUT2D eigenvalue weighted by atomic mass is 16.5. The number of carbonyl (C=O) groups is 1. The van der Waals surface area contributed by atoms with Crippen molar-refractivity contribution in [3.05, 3.63) is 12.2 Å². The third-order valence-electron chi connectivity index (χ3n) is 1.91. The molecule has 0 amide bonds. The van der Waals surface area contributed by atoms with Gasteiger partial charge in [-0.2, -0.15) is 0 Å². The van der Waals surface area contributed by atoms with Gasteiger partial charge in [-0.3, -0.25) is 4.79 Å². The molecule has 1 aliphatic heterocycles. The van der Waals surface area contributed by atoms with Gasteiger partial charge in [0.25, 0.3) is 0 Å². The Hall–Kier alpha value is -0.790. The predicted octanol–water partition coefficient (Wildman–Crippen LogP) is 1.52. The highest BCUT2D eigenvalue weighted by Crippen LogP contribution is 2.31. The van der Waals surface area contributed by atoms with Crippen LogP contribution in [0.25, 0.3) is 0 Å². The van der Waals surface area contributed by atoms with Crippen LogP contribution in [0.1, 0.15) is 20.3 Å². The molecule has 0 saturated carbocycles. The molecule has 1 saturated heterocycles. The van der Waals surface area contributed by atoms with E-state index in [0.717, 1.165) is 5.57 Å². The molecule has 0 atom stereocenters. The zero-order valence-corrected chi connectivity index (χ0v) is 6.44. The lowest BCUT2D eigenvalue weighted by Crippen LogP contribution is -2.30. The number of cyclic esters (lactones) is 1. The zero-order chi connectivity index (χ0) is 7.78. The molecule has 1 rings (SSSR count). The summed E-state index contributed by atoms with van der Waals surface area (Å²) in [7, 11) is 0. The topological polar surface area (TPSA) is 26.3 Å². The average Bonchev–Trinajstić information content (AvgIpc) is 1.81.